The number of carbonyl (C=O) groups is 1. The lowest BCUT2D eigenvalue weighted by Gasteiger charge is -2.26. The lowest BCUT2D eigenvalue weighted by molar-refractivity contribution is -0.274. The molecular formula is C14H15F3N2O2. The Hall–Kier alpha value is -2.23. The normalized spacial score (nSPS) is 11.1. The summed E-state index contributed by atoms with van der Waals surface area (Å²) in [6.45, 7) is 3.88. The molecule has 4 nitrogen and oxygen atoms in total. The van der Waals surface area contributed by atoms with Gasteiger partial charge in [-0.1, -0.05) is 0 Å². The number of alkyl halides is 3. The van der Waals surface area contributed by atoms with Gasteiger partial charge in [-0.25, -0.2) is 0 Å². The minimum Gasteiger partial charge on any atom is -0.406 e. The molecule has 0 N–H and O–H groups in total. The molecule has 1 amide bonds. The average Bonchev–Trinajstić information content (AvgIpc) is 2.37. The zero-order valence-electron chi connectivity index (χ0n) is 11.6. The summed E-state index contributed by atoms with van der Waals surface area (Å²) in [5.74, 6) is -0.717. The second-order valence-corrected chi connectivity index (χ2v) is 4.57. The van der Waals surface area contributed by atoms with Crippen molar-refractivity contribution in [1.82, 2.24) is 4.90 Å². The van der Waals surface area contributed by atoms with Gasteiger partial charge in [-0.3, -0.25) is 4.79 Å². The van der Waals surface area contributed by atoms with Gasteiger partial charge in [-0.15, -0.1) is 13.2 Å². The molecule has 114 valence electrons. The second kappa shape index (κ2) is 6.97. The standard InChI is InChI=1S/C14H15F3N2O2/c1-10(2)19(9-3-8-18)13(20)11-4-6-12(7-5-11)21-14(15,16)17/h4-7,10H,3,9H2,1-2H3. The van der Waals surface area contributed by atoms with Crippen LogP contribution in [0.3, 0.4) is 0 Å². The van der Waals surface area contributed by atoms with Crippen molar-refractivity contribution in [3.63, 3.8) is 0 Å². The highest BCUT2D eigenvalue weighted by Gasteiger charge is 2.31. The van der Waals surface area contributed by atoms with Crippen LogP contribution in [0.2, 0.25) is 0 Å². The summed E-state index contributed by atoms with van der Waals surface area (Å²) in [4.78, 5) is 13.7. The molecule has 1 aromatic rings. The summed E-state index contributed by atoms with van der Waals surface area (Å²) >= 11 is 0. The largest absolute Gasteiger partial charge is 0.573 e. The SMILES string of the molecule is CC(C)N(CCC#N)C(=O)c1ccc(OC(F)(F)F)cc1. The van der Waals surface area contributed by atoms with Gasteiger partial charge in [0.1, 0.15) is 5.75 Å². The van der Waals surface area contributed by atoms with Crippen LogP contribution in [0.15, 0.2) is 24.3 Å². The first-order valence-corrected chi connectivity index (χ1v) is 6.28. The van der Waals surface area contributed by atoms with Crippen LogP contribution in [-0.2, 0) is 0 Å². The summed E-state index contributed by atoms with van der Waals surface area (Å²) in [7, 11) is 0. The Morgan fingerprint density at radius 3 is 2.33 bits per heavy atom. The molecule has 0 aromatic heterocycles. The summed E-state index contributed by atoms with van der Waals surface area (Å²) in [5.41, 5.74) is 0.246. The Morgan fingerprint density at radius 1 is 1.33 bits per heavy atom. The van der Waals surface area contributed by atoms with Gasteiger partial charge in [0.2, 0.25) is 0 Å². The monoisotopic (exact) mass is 300 g/mol. The van der Waals surface area contributed by atoms with E-state index >= 15 is 0 Å². The molecule has 1 rings (SSSR count). The first-order chi connectivity index (χ1) is 9.74. The highest BCUT2D eigenvalue weighted by molar-refractivity contribution is 5.94. The van der Waals surface area contributed by atoms with E-state index in [1.807, 2.05) is 6.07 Å². The number of nitriles is 1. The molecule has 1 aromatic carbocycles. The van der Waals surface area contributed by atoms with Crippen molar-refractivity contribution in [3.05, 3.63) is 29.8 Å². The first kappa shape index (κ1) is 16.8. The third-order valence-electron chi connectivity index (χ3n) is 2.68. The minimum atomic E-state index is -4.76. The predicted octanol–water partition coefficient (Wildman–Crippen LogP) is 3.35. The zero-order chi connectivity index (χ0) is 16.0. The first-order valence-electron chi connectivity index (χ1n) is 6.28. The van der Waals surface area contributed by atoms with E-state index in [0.29, 0.717) is 0 Å². The number of nitrogens with zero attached hydrogens (tertiary/aromatic N) is 2. The number of benzene rings is 1. The number of hydrogen-bond donors (Lipinski definition) is 0. The van der Waals surface area contributed by atoms with Gasteiger partial charge in [0.15, 0.2) is 0 Å². The van der Waals surface area contributed by atoms with Crippen LogP contribution in [0.25, 0.3) is 0 Å². The van der Waals surface area contributed by atoms with Crippen LogP contribution in [0.1, 0.15) is 30.6 Å². The van der Waals surface area contributed by atoms with Crippen molar-refractivity contribution >= 4 is 5.91 Å². The molecule has 21 heavy (non-hydrogen) atoms. The molecule has 0 unspecified atom stereocenters. The quantitative estimate of drug-likeness (QED) is 0.838. The third kappa shape index (κ3) is 5.34. The Kier molecular flexibility index (Phi) is 5.59. The van der Waals surface area contributed by atoms with E-state index in [0.717, 1.165) is 12.1 Å². The topological polar surface area (TPSA) is 53.3 Å². The maximum absolute atomic E-state index is 12.2. The van der Waals surface area contributed by atoms with E-state index in [4.69, 9.17) is 5.26 Å². The number of rotatable bonds is 5. The van der Waals surface area contributed by atoms with Crippen molar-refractivity contribution in [3.8, 4) is 11.8 Å². The fourth-order valence-electron chi connectivity index (χ4n) is 1.73. The lowest BCUT2D eigenvalue weighted by atomic mass is 10.1. The highest BCUT2D eigenvalue weighted by atomic mass is 19.4. The molecular weight excluding hydrogens is 285 g/mol. The summed E-state index contributed by atoms with van der Waals surface area (Å²) in [6.07, 6.45) is -4.57. The van der Waals surface area contributed by atoms with Crippen LogP contribution in [0.5, 0.6) is 5.75 Å². The third-order valence-corrected chi connectivity index (χ3v) is 2.68. The molecule has 0 saturated carbocycles. The smallest absolute Gasteiger partial charge is 0.406 e. The number of ether oxygens (including phenoxy) is 1. The second-order valence-electron chi connectivity index (χ2n) is 4.57. The van der Waals surface area contributed by atoms with Crippen LogP contribution < -0.4 is 4.74 Å². The van der Waals surface area contributed by atoms with E-state index in [2.05, 4.69) is 4.74 Å². The van der Waals surface area contributed by atoms with Crippen molar-refractivity contribution in [2.24, 2.45) is 0 Å². The summed E-state index contributed by atoms with van der Waals surface area (Å²) < 4.78 is 39.9. The molecule has 0 aliphatic heterocycles. The van der Waals surface area contributed by atoms with Gasteiger partial charge in [0, 0.05) is 18.2 Å². The Balaban J connectivity index is 2.84. The van der Waals surface area contributed by atoms with Crippen LogP contribution in [0.4, 0.5) is 13.2 Å². The van der Waals surface area contributed by atoms with Gasteiger partial charge in [0.05, 0.1) is 12.5 Å². The number of carbonyl (C=O) groups excluding carboxylic acids is 1. The molecule has 0 bridgehead atoms. The van der Waals surface area contributed by atoms with E-state index in [-0.39, 0.29) is 36.2 Å². The molecule has 0 aliphatic rings. The Morgan fingerprint density at radius 2 is 1.90 bits per heavy atom. The number of hydrogen-bond acceptors (Lipinski definition) is 3. The van der Waals surface area contributed by atoms with Crippen molar-refractivity contribution in [2.45, 2.75) is 32.7 Å². The van der Waals surface area contributed by atoms with Crippen molar-refractivity contribution in [1.29, 1.82) is 5.26 Å². The molecule has 0 atom stereocenters. The van der Waals surface area contributed by atoms with Gasteiger partial charge in [0.25, 0.3) is 5.91 Å². The summed E-state index contributed by atoms with van der Waals surface area (Å²) in [5, 5.41) is 8.58. The Bertz CT molecular complexity index is 519. The maximum atomic E-state index is 12.2. The van der Waals surface area contributed by atoms with Gasteiger partial charge < -0.3 is 9.64 Å². The zero-order valence-corrected chi connectivity index (χ0v) is 11.6. The highest BCUT2D eigenvalue weighted by Crippen LogP contribution is 2.23. The molecule has 0 radical (unpaired) electrons. The Labute approximate surface area is 120 Å². The van der Waals surface area contributed by atoms with Gasteiger partial charge in [-0.2, -0.15) is 5.26 Å². The molecule has 0 heterocycles. The van der Waals surface area contributed by atoms with Crippen molar-refractivity contribution in [2.75, 3.05) is 6.54 Å². The van der Waals surface area contributed by atoms with Crippen LogP contribution >= 0.6 is 0 Å². The molecule has 0 spiro atoms. The maximum Gasteiger partial charge on any atom is 0.573 e. The molecule has 7 heteroatoms. The summed E-state index contributed by atoms with van der Waals surface area (Å²) in [6, 6.07) is 6.55. The van der Waals surface area contributed by atoms with Crippen LogP contribution in [-0.4, -0.2) is 29.8 Å². The van der Waals surface area contributed by atoms with Gasteiger partial charge in [-0.05, 0) is 38.1 Å². The van der Waals surface area contributed by atoms with E-state index < -0.39 is 6.36 Å². The van der Waals surface area contributed by atoms with Crippen LogP contribution in [0, 0.1) is 11.3 Å². The van der Waals surface area contributed by atoms with Crippen molar-refractivity contribution < 1.29 is 22.7 Å². The number of halogens is 3. The fraction of sp³-hybridized carbons (Fsp3) is 0.429. The fourth-order valence-corrected chi connectivity index (χ4v) is 1.73. The number of amides is 1. The van der Waals surface area contributed by atoms with E-state index in [1.54, 1.807) is 13.8 Å². The predicted molar refractivity (Wildman–Crippen MR) is 69.5 cm³/mol. The minimum absolute atomic E-state index is 0.114. The van der Waals surface area contributed by atoms with E-state index in [1.165, 1.54) is 17.0 Å². The lowest BCUT2D eigenvalue weighted by Crippen LogP contribution is -2.37. The molecule has 0 fully saturated rings. The average molecular weight is 300 g/mol. The molecule has 0 saturated heterocycles. The van der Waals surface area contributed by atoms with Gasteiger partial charge >= 0.3 is 6.36 Å². The molecule has 0 aliphatic carbocycles. The van der Waals surface area contributed by atoms with E-state index in [9.17, 15) is 18.0 Å².